The van der Waals surface area contributed by atoms with Crippen LogP contribution < -0.4 is 16.0 Å². The van der Waals surface area contributed by atoms with Crippen molar-refractivity contribution in [3.63, 3.8) is 0 Å². The van der Waals surface area contributed by atoms with Gasteiger partial charge in [-0.1, -0.05) is 6.08 Å². The normalized spacial score (nSPS) is 14.0. The van der Waals surface area contributed by atoms with Crippen LogP contribution in [0.5, 0.6) is 0 Å². The summed E-state index contributed by atoms with van der Waals surface area (Å²) >= 11 is 0. The molecule has 0 heterocycles. The molecule has 114 valence electrons. The molecule has 0 aliphatic rings. The molecular weight excluding hydrogens is 283 g/mol. The molecule has 0 fully saturated rings. The van der Waals surface area contributed by atoms with Crippen molar-refractivity contribution in [3.05, 3.63) is 12.7 Å². The number of nitrogens with one attached hydrogen (secondary N) is 3. The fourth-order valence-corrected chi connectivity index (χ4v) is 0.934. The number of alkyl halides is 3. The highest BCUT2D eigenvalue weighted by Gasteiger charge is 2.57. The summed E-state index contributed by atoms with van der Waals surface area (Å²) in [5, 5.41) is 14.0. The van der Waals surface area contributed by atoms with E-state index >= 15 is 0 Å². The lowest BCUT2D eigenvalue weighted by Crippen LogP contribution is -2.62. The average molecular weight is 297 g/mol. The number of rotatable bonds is 6. The Morgan fingerprint density at radius 2 is 1.85 bits per heavy atom. The summed E-state index contributed by atoms with van der Waals surface area (Å²) in [4.78, 5) is 32.8. The van der Waals surface area contributed by atoms with Crippen molar-refractivity contribution in [2.24, 2.45) is 0 Å². The Hall–Kier alpha value is -2.10. The van der Waals surface area contributed by atoms with Gasteiger partial charge >= 0.3 is 18.2 Å². The second-order valence-electron chi connectivity index (χ2n) is 3.83. The van der Waals surface area contributed by atoms with Crippen molar-refractivity contribution in [2.45, 2.75) is 18.6 Å². The van der Waals surface area contributed by atoms with E-state index in [2.05, 4.69) is 11.9 Å². The lowest BCUT2D eigenvalue weighted by atomic mass is 10.0. The van der Waals surface area contributed by atoms with Gasteiger partial charge < -0.3 is 10.4 Å². The zero-order valence-electron chi connectivity index (χ0n) is 10.5. The van der Waals surface area contributed by atoms with Gasteiger partial charge in [0.05, 0.1) is 6.54 Å². The van der Waals surface area contributed by atoms with Gasteiger partial charge in [-0.2, -0.15) is 13.2 Å². The van der Waals surface area contributed by atoms with Crippen LogP contribution in [0.15, 0.2) is 12.7 Å². The molecule has 10 heteroatoms. The van der Waals surface area contributed by atoms with Crippen molar-refractivity contribution >= 4 is 17.9 Å². The number of hydrogen-bond acceptors (Lipinski definition) is 4. The Kier molecular flexibility index (Phi) is 6.17. The fraction of sp³-hybridized carbons (Fsp3) is 0.500. The van der Waals surface area contributed by atoms with E-state index in [0.29, 0.717) is 6.92 Å². The number of urea groups is 1. The molecular formula is C10H14F3N3O4. The summed E-state index contributed by atoms with van der Waals surface area (Å²) < 4.78 is 37.7. The molecule has 0 saturated heterocycles. The van der Waals surface area contributed by atoms with Crippen LogP contribution in [0.3, 0.4) is 0 Å². The summed E-state index contributed by atoms with van der Waals surface area (Å²) in [6, 6.07) is -0.930. The van der Waals surface area contributed by atoms with Gasteiger partial charge in [0, 0.05) is 6.54 Å². The maximum Gasteiger partial charge on any atom is 0.417 e. The fourth-order valence-electron chi connectivity index (χ4n) is 0.934. The van der Waals surface area contributed by atoms with E-state index in [1.165, 1.54) is 6.08 Å². The van der Waals surface area contributed by atoms with E-state index in [4.69, 9.17) is 5.11 Å². The third-order valence-corrected chi connectivity index (χ3v) is 2.26. The third kappa shape index (κ3) is 4.88. The van der Waals surface area contributed by atoms with Crippen molar-refractivity contribution in [2.75, 3.05) is 13.1 Å². The molecule has 7 nitrogen and oxygen atoms in total. The number of carbonyl (C=O) groups excluding carboxylic acids is 2. The number of imide groups is 1. The van der Waals surface area contributed by atoms with E-state index in [-0.39, 0.29) is 6.54 Å². The van der Waals surface area contributed by atoms with Gasteiger partial charge in [-0.05, 0) is 6.92 Å². The predicted octanol–water partition coefficient (Wildman–Crippen LogP) is -0.00660. The minimum atomic E-state index is -5.11. The second kappa shape index (κ2) is 6.89. The third-order valence-electron chi connectivity index (χ3n) is 2.26. The first-order valence-corrected chi connectivity index (χ1v) is 5.28. The lowest BCUT2D eigenvalue weighted by Gasteiger charge is -2.28. The summed E-state index contributed by atoms with van der Waals surface area (Å²) in [7, 11) is 0. The Balaban J connectivity index is 4.51. The van der Waals surface area contributed by atoms with E-state index in [1.807, 2.05) is 0 Å². The topological polar surface area (TPSA) is 108 Å². The number of aliphatic carboxylic acids is 1. The van der Waals surface area contributed by atoms with Crippen LogP contribution >= 0.6 is 0 Å². The molecule has 4 N–H and O–H groups in total. The van der Waals surface area contributed by atoms with Crippen molar-refractivity contribution < 1.29 is 32.7 Å². The number of carboxylic acid groups (broad SMARTS) is 1. The van der Waals surface area contributed by atoms with E-state index < -0.39 is 36.2 Å². The van der Waals surface area contributed by atoms with Gasteiger partial charge in [0.2, 0.25) is 11.4 Å². The Bertz CT molecular complexity index is 411. The highest BCUT2D eigenvalue weighted by molar-refractivity contribution is 5.95. The van der Waals surface area contributed by atoms with E-state index in [0.717, 1.165) is 0 Å². The maximum atomic E-state index is 12.6. The molecule has 0 rings (SSSR count). The summed E-state index contributed by atoms with van der Waals surface area (Å²) in [6.45, 7) is 2.73. The van der Waals surface area contributed by atoms with Gasteiger partial charge in [0.25, 0.3) is 0 Å². The maximum absolute atomic E-state index is 12.6. The Morgan fingerprint density at radius 1 is 1.30 bits per heavy atom. The molecule has 0 radical (unpaired) electrons. The van der Waals surface area contributed by atoms with Crippen molar-refractivity contribution in [1.29, 1.82) is 0 Å². The molecule has 0 bridgehead atoms. The van der Waals surface area contributed by atoms with Crippen LogP contribution in [0, 0.1) is 0 Å². The molecule has 1 unspecified atom stereocenters. The van der Waals surface area contributed by atoms with E-state index in [1.54, 1.807) is 10.6 Å². The molecule has 3 amide bonds. The molecule has 0 aromatic carbocycles. The van der Waals surface area contributed by atoms with Crippen LogP contribution in [-0.4, -0.2) is 47.8 Å². The van der Waals surface area contributed by atoms with Crippen LogP contribution in [-0.2, 0) is 9.59 Å². The monoisotopic (exact) mass is 297 g/mol. The number of amides is 3. The largest absolute Gasteiger partial charge is 0.480 e. The average Bonchev–Trinajstić information content (AvgIpc) is 2.31. The lowest BCUT2D eigenvalue weighted by molar-refractivity contribution is -0.205. The van der Waals surface area contributed by atoms with Gasteiger partial charge in [0.15, 0.2) is 0 Å². The van der Waals surface area contributed by atoms with Crippen molar-refractivity contribution in [1.82, 2.24) is 16.0 Å². The van der Waals surface area contributed by atoms with Crippen LogP contribution in [0.4, 0.5) is 18.0 Å². The summed E-state index contributed by atoms with van der Waals surface area (Å²) in [5.74, 6) is -3.29. The highest BCUT2D eigenvalue weighted by Crippen LogP contribution is 2.30. The smallest absolute Gasteiger partial charge is 0.417 e. The van der Waals surface area contributed by atoms with Crippen LogP contribution in [0.1, 0.15) is 6.92 Å². The quantitative estimate of drug-likeness (QED) is 0.516. The minimum Gasteiger partial charge on any atom is -0.480 e. The van der Waals surface area contributed by atoms with Gasteiger partial charge in [-0.25, -0.2) is 9.59 Å². The summed E-state index contributed by atoms with van der Waals surface area (Å²) in [5.41, 5.74) is -3.29. The highest BCUT2D eigenvalue weighted by atomic mass is 19.4. The summed E-state index contributed by atoms with van der Waals surface area (Å²) in [6.07, 6.45) is -3.78. The Labute approximate surface area is 112 Å². The van der Waals surface area contributed by atoms with E-state index in [9.17, 15) is 27.6 Å². The van der Waals surface area contributed by atoms with Crippen LogP contribution in [0.25, 0.3) is 0 Å². The first kappa shape index (κ1) is 17.9. The molecule has 0 aromatic heterocycles. The standard InChI is InChI=1S/C10H14F3N3O4/c1-3-4-14-8(20)16-6(17)5-15-9(2,7(18)19)10(11,12)13/h3,15H,1,4-5H2,2H3,(H,18,19)(H2,14,16,17,20). The number of carboxylic acids is 1. The van der Waals surface area contributed by atoms with Crippen molar-refractivity contribution in [3.8, 4) is 0 Å². The first-order chi connectivity index (χ1) is 9.04. The number of halogens is 3. The SMILES string of the molecule is C=CCNC(=O)NC(=O)CNC(C)(C(=O)O)C(F)(F)F. The van der Waals surface area contributed by atoms with Gasteiger partial charge in [-0.3, -0.25) is 15.4 Å². The molecule has 1 atom stereocenters. The molecule has 0 saturated carbocycles. The second-order valence-corrected chi connectivity index (χ2v) is 3.83. The molecule has 0 spiro atoms. The van der Waals surface area contributed by atoms with Gasteiger partial charge in [0.1, 0.15) is 0 Å². The van der Waals surface area contributed by atoms with Crippen LogP contribution in [0.2, 0.25) is 0 Å². The minimum absolute atomic E-state index is 0.0575. The number of hydrogen-bond donors (Lipinski definition) is 4. The number of carbonyl (C=O) groups is 3. The molecule has 0 aliphatic carbocycles. The van der Waals surface area contributed by atoms with Gasteiger partial charge in [-0.15, -0.1) is 6.58 Å². The molecule has 0 aromatic rings. The first-order valence-electron chi connectivity index (χ1n) is 5.28. The molecule has 20 heavy (non-hydrogen) atoms. The Morgan fingerprint density at radius 3 is 2.25 bits per heavy atom. The zero-order valence-corrected chi connectivity index (χ0v) is 10.5. The zero-order chi connectivity index (χ0) is 16.0. The predicted molar refractivity (Wildman–Crippen MR) is 61.8 cm³/mol. The molecule has 0 aliphatic heterocycles.